The number of hydrogen-bond acceptors (Lipinski definition) is 2. The predicted molar refractivity (Wildman–Crippen MR) is 85.3 cm³/mol. The van der Waals surface area contributed by atoms with Gasteiger partial charge in [-0.3, -0.25) is 0 Å². The first-order valence-corrected chi connectivity index (χ1v) is 9.22. The zero-order valence-electron chi connectivity index (χ0n) is 12.5. The lowest BCUT2D eigenvalue weighted by atomic mass is 9.94. The topological polar surface area (TPSA) is 37.4 Å². The molecular weight excluding hydrogens is 338 g/mol. The number of nitrogens with zero attached hydrogens (tertiary/aromatic N) is 1. The normalized spacial score (nSPS) is 24.9. The van der Waals surface area contributed by atoms with Crippen molar-refractivity contribution < 1.29 is 8.42 Å². The summed E-state index contributed by atoms with van der Waals surface area (Å²) in [4.78, 5) is 0.427. The minimum atomic E-state index is -3.39. The summed E-state index contributed by atoms with van der Waals surface area (Å²) in [5, 5.41) is 0. The van der Waals surface area contributed by atoms with Gasteiger partial charge in [-0.2, -0.15) is 4.31 Å². The number of piperidine rings is 1. The second-order valence-corrected chi connectivity index (χ2v) is 8.90. The minimum absolute atomic E-state index is 0.419. The van der Waals surface area contributed by atoms with Crippen molar-refractivity contribution in [3.05, 3.63) is 27.7 Å². The first-order chi connectivity index (χ1) is 9.21. The second-order valence-electron chi connectivity index (χ2n) is 6.13. The van der Waals surface area contributed by atoms with Gasteiger partial charge in [0, 0.05) is 17.6 Å². The first kappa shape index (κ1) is 16.0. The largest absolute Gasteiger partial charge is 0.243 e. The zero-order valence-corrected chi connectivity index (χ0v) is 14.9. The maximum absolute atomic E-state index is 12.9. The molecule has 1 heterocycles. The highest BCUT2D eigenvalue weighted by Gasteiger charge is 2.32. The van der Waals surface area contributed by atoms with Crippen LogP contribution in [0.2, 0.25) is 0 Å². The average molecular weight is 360 g/mol. The molecule has 1 saturated heterocycles. The summed E-state index contributed by atoms with van der Waals surface area (Å²) < 4.78 is 28.2. The molecule has 5 heteroatoms. The highest BCUT2D eigenvalue weighted by atomic mass is 79.9. The van der Waals surface area contributed by atoms with Crippen molar-refractivity contribution in [2.24, 2.45) is 11.8 Å². The molecule has 1 aromatic carbocycles. The molecule has 0 radical (unpaired) electrons. The summed E-state index contributed by atoms with van der Waals surface area (Å²) in [5.74, 6) is 0.838. The minimum Gasteiger partial charge on any atom is -0.207 e. The van der Waals surface area contributed by atoms with Gasteiger partial charge in [-0.05, 0) is 49.3 Å². The lowest BCUT2D eigenvalue weighted by Gasteiger charge is -2.34. The van der Waals surface area contributed by atoms with Crippen LogP contribution in [0.4, 0.5) is 0 Å². The van der Waals surface area contributed by atoms with E-state index in [1.807, 2.05) is 19.9 Å². The molecule has 1 aliphatic rings. The molecule has 1 aromatic rings. The second kappa shape index (κ2) is 5.78. The monoisotopic (exact) mass is 359 g/mol. The van der Waals surface area contributed by atoms with Gasteiger partial charge in [0.05, 0.1) is 4.90 Å². The Balaban J connectivity index is 2.42. The number of rotatable bonds is 2. The van der Waals surface area contributed by atoms with Gasteiger partial charge >= 0.3 is 0 Å². The van der Waals surface area contributed by atoms with E-state index in [1.165, 1.54) is 0 Å². The molecule has 20 heavy (non-hydrogen) atoms. The molecule has 1 fully saturated rings. The van der Waals surface area contributed by atoms with E-state index in [9.17, 15) is 8.42 Å². The highest BCUT2D eigenvalue weighted by Crippen LogP contribution is 2.30. The van der Waals surface area contributed by atoms with Crippen molar-refractivity contribution in [2.75, 3.05) is 13.1 Å². The molecule has 2 rings (SSSR count). The fraction of sp³-hybridized carbons (Fsp3) is 0.600. The van der Waals surface area contributed by atoms with Crippen molar-refractivity contribution >= 4 is 26.0 Å². The molecule has 0 bridgehead atoms. The number of benzene rings is 1. The van der Waals surface area contributed by atoms with Crippen LogP contribution in [-0.2, 0) is 10.0 Å². The van der Waals surface area contributed by atoms with Crippen LogP contribution in [0.5, 0.6) is 0 Å². The Morgan fingerprint density at radius 3 is 2.20 bits per heavy atom. The average Bonchev–Trinajstić information content (AvgIpc) is 2.32. The van der Waals surface area contributed by atoms with E-state index in [2.05, 4.69) is 29.8 Å². The number of halogens is 1. The maximum atomic E-state index is 12.9. The maximum Gasteiger partial charge on any atom is 0.243 e. The van der Waals surface area contributed by atoms with E-state index in [4.69, 9.17) is 0 Å². The molecule has 0 aliphatic carbocycles. The lowest BCUT2D eigenvalue weighted by Crippen LogP contribution is -2.42. The summed E-state index contributed by atoms with van der Waals surface area (Å²) in [6.07, 6.45) is 1.10. The smallest absolute Gasteiger partial charge is 0.207 e. The Kier molecular flexibility index (Phi) is 4.62. The molecule has 0 spiro atoms. The Labute approximate surface area is 130 Å². The Hall–Kier alpha value is -0.390. The number of hydrogen-bond donors (Lipinski definition) is 0. The Morgan fingerprint density at radius 2 is 1.65 bits per heavy atom. The lowest BCUT2D eigenvalue weighted by molar-refractivity contribution is 0.222. The molecule has 112 valence electrons. The van der Waals surface area contributed by atoms with Gasteiger partial charge in [-0.1, -0.05) is 35.8 Å². The molecule has 0 N–H and O–H groups in total. The summed E-state index contributed by atoms with van der Waals surface area (Å²) in [5.41, 5.74) is 1.87. The van der Waals surface area contributed by atoms with Crippen molar-refractivity contribution in [3.8, 4) is 0 Å². The summed E-state index contributed by atoms with van der Waals surface area (Å²) in [7, 11) is -3.39. The molecular formula is C15H22BrNO2S. The molecule has 3 nitrogen and oxygen atoms in total. The van der Waals surface area contributed by atoms with Crippen molar-refractivity contribution in [1.29, 1.82) is 0 Å². The third kappa shape index (κ3) is 3.10. The van der Waals surface area contributed by atoms with Crippen LogP contribution in [0.15, 0.2) is 21.5 Å². The van der Waals surface area contributed by atoms with Gasteiger partial charge < -0.3 is 0 Å². The zero-order chi connectivity index (χ0) is 15.1. The summed E-state index contributed by atoms with van der Waals surface area (Å²) in [6.45, 7) is 9.32. The van der Waals surface area contributed by atoms with E-state index >= 15 is 0 Å². The van der Waals surface area contributed by atoms with Crippen molar-refractivity contribution in [2.45, 2.75) is 39.0 Å². The van der Waals surface area contributed by atoms with E-state index in [0.29, 0.717) is 29.8 Å². The van der Waals surface area contributed by atoms with Crippen LogP contribution in [0, 0.1) is 25.7 Å². The van der Waals surface area contributed by atoms with Crippen LogP contribution in [0.1, 0.15) is 31.4 Å². The molecule has 0 aromatic heterocycles. The van der Waals surface area contributed by atoms with Crippen LogP contribution < -0.4 is 0 Å². The third-order valence-corrected chi connectivity index (χ3v) is 6.74. The fourth-order valence-electron chi connectivity index (χ4n) is 3.03. The third-order valence-electron chi connectivity index (χ3n) is 3.91. The molecule has 0 saturated carbocycles. The van der Waals surface area contributed by atoms with E-state index in [1.54, 1.807) is 10.4 Å². The fourth-order valence-corrected chi connectivity index (χ4v) is 5.43. The molecule has 0 amide bonds. The summed E-state index contributed by atoms with van der Waals surface area (Å²) >= 11 is 3.44. The Bertz CT molecular complexity index is 603. The molecule has 2 atom stereocenters. The molecule has 1 aliphatic heterocycles. The van der Waals surface area contributed by atoms with Crippen molar-refractivity contribution in [3.63, 3.8) is 0 Å². The van der Waals surface area contributed by atoms with Crippen LogP contribution in [0.25, 0.3) is 0 Å². The molecule has 2 unspecified atom stereocenters. The van der Waals surface area contributed by atoms with Gasteiger partial charge in [0.15, 0.2) is 0 Å². The first-order valence-electron chi connectivity index (χ1n) is 6.98. The van der Waals surface area contributed by atoms with Gasteiger partial charge in [0.2, 0.25) is 10.0 Å². The van der Waals surface area contributed by atoms with Crippen LogP contribution in [0.3, 0.4) is 0 Å². The SMILES string of the molecule is Cc1cc(C)c(S(=O)(=O)N2CC(C)CC(C)C2)cc1Br. The van der Waals surface area contributed by atoms with Gasteiger partial charge in [0.1, 0.15) is 0 Å². The van der Waals surface area contributed by atoms with Gasteiger partial charge in [-0.15, -0.1) is 0 Å². The van der Waals surface area contributed by atoms with E-state index in [0.717, 1.165) is 22.0 Å². The highest BCUT2D eigenvalue weighted by molar-refractivity contribution is 9.10. The van der Waals surface area contributed by atoms with Gasteiger partial charge in [0.25, 0.3) is 0 Å². The van der Waals surface area contributed by atoms with Crippen molar-refractivity contribution in [1.82, 2.24) is 4.31 Å². The van der Waals surface area contributed by atoms with Crippen LogP contribution >= 0.6 is 15.9 Å². The van der Waals surface area contributed by atoms with E-state index in [-0.39, 0.29) is 0 Å². The standard InChI is InChI=1S/C15H22BrNO2S/c1-10-5-11(2)9-17(8-10)20(18,19)15-7-14(16)12(3)6-13(15)4/h6-7,10-11H,5,8-9H2,1-4H3. The quantitative estimate of drug-likeness (QED) is 0.806. The van der Waals surface area contributed by atoms with E-state index < -0.39 is 10.0 Å². The van der Waals surface area contributed by atoms with Gasteiger partial charge in [-0.25, -0.2) is 8.42 Å². The number of sulfonamides is 1. The summed E-state index contributed by atoms with van der Waals surface area (Å²) in [6, 6.07) is 3.66. The van der Waals surface area contributed by atoms with Crippen LogP contribution in [-0.4, -0.2) is 25.8 Å². The predicted octanol–water partition coefficient (Wildman–Crippen LogP) is 3.73. The number of aryl methyl sites for hydroxylation is 2. The Morgan fingerprint density at radius 1 is 1.10 bits per heavy atom.